The van der Waals surface area contributed by atoms with E-state index in [9.17, 15) is 20.1 Å². The van der Waals surface area contributed by atoms with Gasteiger partial charge in [0.2, 0.25) is 0 Å². The Morgan fingerprint density at radius 2 is 1.76 bits per heavy atom. The van der Waals surface area contributed by atoms with Crippen LogP contribution in [0, 0.1) is 46.3 Å². The summed E-state index contributed by atoms with van der Waals surface area (Å²) in [6.07, 6.45) is 6.00. The second kappa shape index (κ2) is 7.49. The molecule has 0 saturated heterocycles. The summed E-state index contributed by atoms with van der Waals surface area (Å²) in [5, 5.41) is 42.0. The Hall–Kier alpha value is -0.650. The molecule has 0 aromatic rings. The monoisotopic (exact) mass is 408 g/mol. The minimum Gasteiger partial charge on any atom is -0.481 e. The number of rotatable bonds is 4. The Labute approximate surface area is 174 Å². The molecule has 29 heavy (non-hydrogen) atoms. The molecule has 0 aromatic heterocycles. The Kier molecular flexibility index (Phi) is 5.57. The lowest BCUT2D eigenvalue weighted by Crippen LogP contribution is -2.62. The van der Waals surface area contributed by atoms with E-state index in [-0.39, 0.29) is 41.3 Å². The summed E-state index contributed by atoms with van der Waals surface area (Å²) in [5.41, 5.74) is -0.143. The first-order valence-electron chi connectivity index (χ1n) is 11.8. The number of aliphatic carboxylic acids is 1. The molecule has 0 amide bonds. The van der Waals surface area contributed by atoms with Crippen LogP contribution >= 0.6 is 0 Å². The van der Waals surface area contributed by atoms with Crippen LogP contribution in [0.5, 0.6) is 0 Å². The van der Waals surface area contributed by atoms with E-state index in [1.54, 1.807) is 0 Å². The summed E-state index contributed by atoms with van der Waals surface area (Å²) < 4.78 is 0. The zero-order valence-electron chi connectivity index (χ0n) is 18.3. The molecule has 0 spiro atoms. The molecule has 11 atom stereocenters. The van der Waals surface area contributed by atoms with Gasteiger partial charge in [0.25, 0.3) is 0 Å². The van der Waals surface area contributed by atoms with E-state index in [1.807, 2.05) is 0 Å². The molecule has 4 aliphatic carbocycles. The molecule has 4 saturated carbocycles. The number of carboxylic acid groups (broad SMARTS) is 1. The first-order valence-corrected chi connectivity index (χ1v) is 11.8. The van der Waals surface area contributed by atoms with Gasteiger partial charge in [0.1, 0.15) is 0 Å². The number of aliphatic hydroxyl groups excluding tert-OH is 3. The summed E-state index contributed by atoms with van der Waals surface area (Å²) in [4.78, 5) is 11.1. The third kappa shape index (κ3) is 3.27. The molecule has 0 bridgehead atoms. The normalized spacial score (nSPS) is 52.9. The molecule has 4 aliphatic rings. The van der Waals surface area contributed by atoms with Crippen molar-refractivity contribution in [2.24, 2.45) is 46.3 Å². The maximum atomic E-state index is 11.5. The maximum Gasteiger partial charge on any atom is 0.303 e. The highest BCUT2D eigenvalue weighted by molar-refractivity contribution is 5.66. The quantitative estimate of drug-likeness (QED) is 0.571. The molecular weight excluding hydrogens is 368 g/mol. The lowest BCUT2D eigenvalue weighted by molar-refractivity contribution is -0.207. The maximum absolute atomic E-state index is 11.5. The highest BCUT2D eigenvalue weighted by Crippen LogP contribution is 2.68. The van der Waals surface area contributed by atoms with Crippen molar-refractivity contribution >= 4 is 5.97 Å². The van der Waals surface area contributed by atoms with Crippen LogP contribution in [0.3, 0.4) is 0 Å². The smallest absolute Gasteiger partial charge is 0.303 e. The molecule has 4 fully saturated rings. The van der Waals surface area contributed by atoms with Crippen LogP contribution in [0.4, 0.5) is 0 Å². The minimum atomic E-state index is -0.748. The van der Waals surface area contributed by atoms with Crippen molar-refractivity contribution in [2.45, 2.75) is 96.9 Å². The zero-order valence-corrected chi connectivity index (χ0v) is 18.3. The van der Waals surface area contributed by atoms with E-state index >= 15 is 0 Å². The van der Waals surface area contributed by atoms with Gasteiger partial charge in [0, 0.05) is 6.42 Å². The van der Waals surface area contributed by atoms with Crippen LogP contribution in [0.25, 0.3) is 0 Å². The summed E-state index contributed by atoms with van der Waals surface area (Å²) in [5.74, 6) is 0.997. The van der Waals surface area contributed by atoms with Crippen LogP contribution in [-0.4, -0.2) is 44.7 Å². The molecule has 4 N–H and O–H groups in total. The predicted molar refractivity (Wildman–Crippen MR) is 110 cm³/mol. The van der Waals surface area contributed by atoms with E-state index in [2.05, 4.69) is 20.8 Å². The van der Waals surface area contributed by atoms with E-state index in [0.717, 1.165) is 44.9 Å². The third-order valence-corrected chi connectivity index (χ3v) is 10.3. The van der Waals surface area contributed by atoms with E-state index in [1.165, 1.54) is 0 Å². The van der Waals surface area contributed by atoms with Crippen LogP contribution < -0.4 is 0 Å². The second-order valence-corrected chi connectivity index (χ2v) is 11.4. The van der Waals surface area contributed by atoms with Crippen molar-refractivity contribution in [2.75, 3.05) is 0 Å². The van der Waals surface area contributed by atoms with Gasteiger partial charge in [-0.3, -0.25) is 4.79 Å². The average molecular weight is 409 g/mol. The van der Waals surface area contributed by atoms with Crippen molar-refractivity contribution in [3.05, 3.63) is 0 Å². The van der Waals surface area contributed by atoms with Crippen LogP contribution in [0.1, 0.15) is 78.6 Å². The van der Waals surface area contributed by atoms with Crippen molar-refractivity contribution in [1.29, 1.82) is 0 Å². The van der Waals surface area contributed by atoms with Crippen LogP contribution in [-0.2, 0) is 4.79 Å². The number of fused-ring (bicyclic) bond motifs is 5. The second-order valence-electron chi connectivity index (χ2n) is 11.4. The summed E-state index contributed by atoms with van der Waals surface area (Å²) in [6.45, 7) is 6.72. The topological polar surface area (TPSA) is 98.0 Å². The molecule has 166 valence electrons. The molecule has 0 aliphatic heterocycles. The molecule has 0 radical (unpaired) electrons. The van der Waals surface area contributed by atoms with Crippen LogP contribution in [0.15, 0.2) is 0 Å². The zero-order chi connectivity index (χ0) is 21.1. The Morgan fingerprint density at radius 3 is 2.45 bits per heavy atom. The number of hydrogen-bond donors (Lipinski definition) is 4. The molecular formula is C24H40O5. The molecule has 0 unspecified atom stereocenters. The van der Waals surface area contributed by atoms with Gasteiger partial charge in [-0.05, 0) is 97.7 Å². The first kappa shape index (κ1) is 21.6. The fourth-order valence-electron chi connectivity index (χ4n) is 8.68. The average Bonchev–Trinajstić information content (AvgIpc) is 3.01. The van der Waals surface area contributed by atoms with E-state index in [0.29, 0.717) is 30.1 Å². The van der Waals surface area contributed by atoms with Crippen molar-refractivity contribution in [3.8, 4) is 0 Å². The van der Waals surface area contributed by atoms with Gasteiger partial charge in [-0.1, -0.05) is 20.8 Å². The van der Waals surface area contributed by atoms with E-state index in [4.69, 9.17) is 5.11 Å². The summed E-state index contributed by atoms with van der Waals surface area (Å²) in [6, 6.07) is 0. The molecule has 5 heteroatoms. The number of carbonyl (C=O) groups is 1. The number of carboxylic acids is 1. The number of hydrogen-bond acceptors (Lipinski definition) is 4. The Balaban J connectivity index is 1.61. The SMILES string of the molecule is C[C@H](CCC(=O)O)[C@H]1CC[C@@H]2[C@H]3[C@H](O)C[C@H]4C[C@H](O)CC[C@]4(C)[C@@H]3C[C@H](O)[C@@]21C. The highest BCUT2D eigenvalue weighted by Gasteiger charge is 2.65. The lowest BCUT2D eigenvalue weighted by Gasteiger charge is -2.63. The van der Waals surface area contributed by atoms with Gasteiger partial charge < -0.3 is 20.4 Å². The largest absolute Gasteiger partial charge is 0.481 e. The fourth-order valence-corrected chi connectivity index (χ4v) is 8.68. The minimum absolute atomic E-state index is 0.0957. The van der Waals surface area contributed by atoms with Crippen LogP contribution in [0.2, 0.25) is 0 Å². The van der Waals surface area contributed by atoms with Crippen molar-refractivity contribution in [1.82, 2.24) is 0 Å². The molecule has 4 rings (SSSR count). The lowest BCUT2D eigenvalue weighted by atomic mass is 9.43. The highest BCUT2D eigenvalue weighted by atomic mass is 16.4. The van der Waals surface area contributed by atoms with Gasteiger partial charge in [-0.15, -0.1) is 0 Å². The Bertz CT molecular complexity index is 637. The number of aliphatic hydroxyl groups is 3. The predicted octanol–water partition coefficient (Wildman–Crippen LogP) is 3.45. The van der Waals surface area contributed by atoms with Crippen molar-refractivity contribution in [3.63, 3.8) is 0 Å². The molecule has 5 nitrogen and oxygen atoms in total. The summed E-state index contributed by atoms with van der Waals surface area (Å²) >= 11 is 0. The van der Waals surface area contributed by atoms with Gasteiger partial charge in [-0.25, -0.2) is 0 Å². The van der Waals surface area contributed by atoms with Gasteiger partial charge >= 0.3 is 5.97 Å². The van der Waals surface area contributed by atoms with Gasteiger partial charge in [-0.2, -0.15) is 0 Å². The van der Waals surface area contributed by atoms with Gasteiger partial charge in [0.05, 0.1) is 18.3 Å². The molecule has 0 heterocycles. The van der Waals surface area contributed by atoms with Gasteiger partial charge in [0.15, 0.2) is 0 Å². The van der Waals surface area contributed by atoms with E-state index < -0.39 is 12.1 Å². The molecule has 0 aromatic carbocycles. The standard InChI is InChI=1S/C24H40O5/c1-13(4-7-21(28)29)16-5-6-17-22-18(12-20(27)24(16,17)3)23(2)9-8-15(25)10-14(23)11-19(22)26/h13-20,22,25-27H,4-12H2,1-3H3,(H,28,29)/t13-,14-,15-,16-,17-,18-,19-,20+,22-,23+,24-/m1/s1. The third-order valence-electron chi connectivity index (χ3n) is 10.3. The summed E-state index contributed by atoms with van der Waals surface area (Å²) in [7, 11) is 0. The Morgan fingerprint density at radius 1 is 1.03 bits per heavy atom. The fraction of sp³-hybridized carbons (Fsp3) is 0.958. The van der Waals surface area contributed by atoms with Crippen molar-refractivity contribution < 1.29 is 25.2 Å². The first-order chi connectivity index (χ1) is 13.6.